The molecule has 0 unspecified atom stereocenters. The predicted octanol–water partition coefficient (Wildman–Crippen LogP) is 3.63. The molecule has 2 aromatic rings. The topological polar surface area (TPSA) is 29.3 Å². The molecule has 0 amide bonds. The molecule has 0 saturated carbocycles. The summed E-state index contributed by atoms with van der Waals surface area (Å²) in [6, 6.07) is 13.6. The van der Waals surface area contributed by atoms with E-state index in [0.717, 1.165) is 30.5 Å². The molecular formula is C18H21FN2. The fraction of sp³-hybridized carbons (Fsp3) is 0.333. The fourth-order valence-corrected chi connectivity index (χ4v) is 3.02. The van der Waals surface area contributed by atoms with Gasteiger partial charge in [0.15, 0.2) is 0 Å². The van der Waals surface area contributed by atoms with Crippen LogP contribution in [-0.4, -0.2) is 6.54 Å². The van der Waals surface area contributed by atoms with E-state index in [2.05, 4.69) is 29.2 Å². The third-order valence-corrected chi connectivity index (χ3v) is 4.16. The number of halogens is 1. The predicted molar refractivity (Wildman–Crippen MR) is 84.7 cm³/mol. The van der Waals surface area contributed by atoms with Crippen molar-refractivity contribution >= 4 is 5.69 Å². The lowest BCUT2D eigenvalue weighted by Gasteiger charge is -2.25. The number of hydrogen-bond acceptors (Lipinski definition) is 2. The summed E-state index contributed by atoms with van der Waals surface area (Å²) in [5.41, 5.74) is 9.99. The molecular weight excluding hydrogens is 263 g/mol. The Bertz CT molecular complexity index is 624. The molecule has 1 aliphatic heterocycles. The highest BCUT2D eigenvalue weighted by Gasteiger charge is 2.16. The molecule has 0 radical (unpaired) electrons. The van der Waals surface area contributed by atoms with Gasteiger partial charge in [0.05, 0.1) is 0 Å². The SMILES string of the molecule is NCc1ccc(F)c(CN2CCCCc3ccccc32)c1. The molecule has 0 aromatic heterocycles. The average Bonchev–Trinajstić information content (AvgIpc) is 2.72. The fourth-order valence-electron chi connectivity index (χ4n) is 3.02. The number of nitrogens with zero attached hydrogens (tertiary/aromatic N) is 1. The quantitative estimate of drug-likeness (QED) is 0.932. The summed E-state index contributed by atoms with van der Waals surface area (Å²) in [6.45, 7) is 2.03. The molecule has 2 nitrogen and oxygen atoms in total. The van der Waals surface area contributed by atoms with E-state index in [1.54, 1.807) is 6.07 Å². The zero-order chi connectivity index (χ0) is 14.7. The van der Waals surface area contributed by atoms with Crippen LogP contribution in [0, 0.1) is 5.82 Å². The van der Waals surface area contributed by atoms with Crippen molar-refractivity contribution in [2.45, 2.75) is 32.4 Å². The second-order valence-corrected chi connectivity index (χ2v) is 5.64. The first-order chi connectivity index (χ1) is 10.3. The van der Waals surface area contributed by atoms with Crippen LogP contribution in [0.4, 0.5) is 10.1 Å². The van der Waals surface area contributed by atoms with Gasteiger partial charge in [-0.05, 0) is 48.6 Å². The van der Waals surface area contributed by atoms with Gasteiger partial charge in [-0.3, -0.25) is 0 Å². The summed E-state index contributed by atoms with van der Waals surface area (Å²) >= 11 is 0. The number of fused-ring (bicyclic) bond motifs is 1. The van der Waals surface area contributed by atoms with E-state index in [0.29, 0.717) is 13.1 Å². The number of nitrogens with two attached hydrogens (primary N) is 1. The van der Waals surface area contributed by atoms with Gasteiger partial charge < -0.3 is 10.6 Å². The Morgan fingerprint density at radius 2 is 1.95 bits per heavy atom. The van der Waals surface area contributed by atoms with Crippen LogP contribution in [0.1, 0.15) is 29.5 Å². The highest BCUT2D eigenvalue weighted by atomic mass is 19.1. The normalized spacial score (nSPS) is 14.7. The molecule has 1 heterocycles. The van der Waals surface area contributed by atoms with Gasteiger partial charge in [0.25, 0.3) is 0 Å². The summed E-state index contributed by atoms with van der Waals surface area (Å²) in [7, 11) is 0. The van der Waals surface area contributed by atoms with Crippen molar-refractivity contribution in [3.8, 4) is 0 Å². The third-order valence-electron chi connectivity index (χ3n) is 4.16. The van der Waals surface area contributed by atoms with Crippen molar-refractivity contribution in [2.24, 2.45) is 5.73 Å². The molecule has 0 bridgehead atoms. The Labute approximate surface area is 125 Å². The van der Waals surface area contributed by atoms with Crippen LogP contribution >= 0.6 is 0 Å². The number of para-hydroxylation sites is 1. The highest BCUT2D eigenvalue weighted by Crippen LogP contribution is 2.28. The van der Waals surface area contributed by atoms with E-state index in [1.807, 2.05) is 6.07 Å². The highest BCUT2D eigenvalue weighted by molar-refractivity contribution is 5.55. The number of aryl methyl sites for hydroxylation is 1. The van der Waals surface area contributed by atoms with E-state index in [-0.39, 0.29) is 5.82 Å². The van der Waals surface area contributed by atoms with Crippen molar-refractivity contribution in [3.63, 3.8) is 0 Å². The van der Waals surface area contributed by atoms with Crippen molar-refractivity contribution in [1.29, 1.82) is 0 Å². The van der Waals surface area contributed by atoms with Crippen LogP contribution in [0.5, 0.6) is 0 Å². The molecule has 2 aromatic carbocycles. The van der Waals surface area contributed by atoms with Crippen LogP contribution in [0.3, 0.4) is 0 Å². The molecule has 0 spiro atoms. The molecule has 110 valence electrons. The summed E-state index contributed by atoms with van der Waals surface area (Å²) in [6.07, 6.45) is 3.45. The lowest BCUT2D eigenvalue weighted by molar-refractivity contribution is 0.601. The monoisotopic (exact) mass is 284 g/mol. The van der Waals surface area contributed by atoms with Gasteiger partial charge in [-0.1, -0.05) is 24.3 Å². The van der Waals surface area contributed by atoms with Crippen LogP contribution in [0.2, 0.25) is 0 Å². The van der Waals surface area contributed by atoms with Gasteiger partial charge in [-0.2, -0.15) is 0 Å². The zero-order valence-electron chi connectivity index (χ0n) is 12.2. The summed E-state index contributed by atoms with van der Waals surface area (Å²) in [4.78, 5) is 2.29. The third kappa shape index (κ3) is 3.08. The van der Waals surface area contributed by atoms with Crippen molar-refractivity contribution in [3.05, 3.63) is 65.0 Å². The van der Waals surface area contributed by atoms with E-state index >= 15 is 0 Å². The average molecular weight is 284 g/mol. The molecule has 0 fully saturated rings. The molecule has 0 saturated heterocycles. The molecule has 2 N–H and O–H groups in total. The Balaban J connectivity index is 1.91. The van der Waals surface area contributed by atoms with E-state index in [4.69, 9.17) is 5.73 Å². The van der Waals surface area contributed by atoms with Gasteiger partial charge in [0.1, 0.15) is 5.82 Å². The smallest absolute Gasteiger partial charge is 0.128 e. The Morgan fingerprint density at radius 3 is 2.81 bits per heavy atom. The van der Waals surface area contributed by atoms with Crippen molar-refractivity contribution < 1.29 is 4.39 Å². The maximum absolute atomic E-state index is 14.1. The van der Waals surface area contributed by atoms with Crippen LogP contribution < -0.4 is 10.6 Å². The zero-order valence-corrected chi connectivity index (χ0v) is 12.2. The molecule has 3 rings (SSSR count). The van der Waals surface area contributed by atoms with E-state index in [1.165, 1.54) is 23.7 Å². The van der Waals surface area contributed by atoms with E-state index < -0.39 is 0 Å². The minimum Gasteiger partial charge on any atom is -0.367 e. The van der Waals surface area contributed by atoms with Crippen LogP contribution in [0.25, 0.3) is 0 Å². The Hall–Kier alpha value is -1.87. The van der Waals surface area contributed by atoms with E-state index in [9.17, 15) is 4.39 Å². The van der Waals surface area contributed by atoms with Gasteiger partial charge in [-0.15, -0.1) is 0 Å². The van der Waals surface area contributed by atoms with Gasteiger partial charge in [-0.25, -0.2) is 4.39 Å². The lowest BCUT2D eigenvalue weighted by atomic mass is 10.1. The summed E-state index contributed by atoms with van der Waals surface area (Å²) in [5.74, 6) is -0.145. The summed E-state index contributed by atoms with van der Waals surface area (Å²) < 4.78 is 14.1. The first-order valence-corrected chi connectivity index (χ1v) is 7.58. The summed E-state index contributed by atoms with van der Waals surface area (Å²) in [5, 5.41) is 0. The molecule has 3 heteroatoms. The Kier molecular flexibility index (Phi) is 4.20. The standard InChI is InChI=1S/C18H21FN2/c19-17-9-8-14(12-20)11-16(17)13-21-10-4-3-6-15-5-1-2-7-18(15)21/h1-2,5,7-9,11H,3-4,6,10,12-13,20H2. The van der Waals surface area contributed by atoms with Gasteiger partial charge in [0, 0.05) is 30.9 Å². The first-order valence-electron chi connectivity index (χ1n) is 7.58. The lowest BCUT2D eigenvalue weighted by Crippen LogP contribution is -2.24. The first kappa shape index (κ1) is 14.1. The van der Waals surface area contributed by atoms with Crippen LogP contribution in [0.15, 0.2) is 42.5 Å². The molecule has 1 aliphatic rings. The minimum absolute atomic E-state index is 0.145. The second-order valence-electron chi connectivity index (χ2n) is 5.64. The number of anilines is 1. The molecule has 0 atom stereocenters. The van der Waals surface area contributed by atoms with Crippen molar-refractivity contribution in [1.82, 2.24) is 0 Å². The minimum atomic E-state index is -0.145. The maximum atomic E-state index is 14.1. The second kappa shape index (κ2) is 6.27. The number of hydrogen-bond donors (Lipinski definition) is 1. The number of benzene rings is 2. The van der Waals surface area contributed by atoms with Crippen LogP contribution in [-0.2, 0) is 19.5 Å². The largest absolute Gasteiger partial charge is 0.367 e. The molecule has 21 heavy (non-hydrogen) atoms. The van der Waals surface area contributed by atoms with Gasteiger partial charge in [0.2, 0.25) is 0 Å². The number of rotatable bonds is 3. The van der Waals surface area contributed by atoms with Crippen molar-refractivity contribution in [2.75, 3.05) is 11.4 Å². The maximum Gasteiger partial charge on any atom is 0.128 e. The Morgan fingerprint density at radius 1 is 1.10 bits per heavy atom. The molecule has 0 aliphatic carbocycles. The van der Waals surface area contributed by atoms with Gasteiger partial charge >= 0.3 is 0 Å².